The fourth-order valence-corrected chi connectivity index (χ4v) is 4.05. The first-order chi connectivity index (χ1) is 14.7. The third-order valence-corrected chi connectivity index (χ3v) is 5.90. The summed E-state index contributed by atoms with van der Waals surface area (Å²) in [5.74, 6) is 2.12. The molecule has 2 aromatic carbocycles. The van der Waals surface area contributed by atoms with Crippen LogP contribution in [0.1, 0.15) is 24.0 Å². The van der Waals surface area contributed by atoms with Gasteiger partial charge in [0, 0.05) is 38.8 Å². The number of rotatable bonds is 6. The molecule has 1 saturated heterocycles. The van der Waals surface area contributed by atoms with Gasteiger partial charge in [-0.15, -0.1) is 24.0 Å². The lowest BCUT2D eigenvalue weighted by Gasteiger charge is -2.38. The number of benzene rings is 2. The molecule has 0 saturated carbocycles. The molecule has 0 spiro atoms. The van der Waals surface area contributed by atoms with Gasteiger partial charge in [0.15, 0.2) is 17.5 Å². The molecule has 8 heteroatoms. The van der Waals surface area contributed by atoms with E-state index in [1.165, 1.54) is 11.6 Å². The van der Waals surface area contributed by atoms with Crippen molar-refractivity contribution in [2.75, 3.05) is 40.1 Å². The van der Waals surface area contributed by atoms with Crippen LogP contribution < -0.4 is 20.1 Å². The zero-order chi connectivity index (χ0) is 20.8. The van der Waals surface area contributed by atoms with E-state index in [1.807, 2.05) is 18.2 Å². The summed E-state index contributed by atoms with van der Waals surface area (Å²) in [5.41, 5.74) is 1.83. The zero-order valence-electron chi connectivity index (χ0n) is 17.7. The molecule has 6 nitrogen and oxygen atoms in total. The number of guanidine groups is 1. The van der Waals surface area contributed by atoms with Gasteiger partial charge in [-0.2, -0.15) is 0 Å². The number of ether oxygens (including phenoxy) is 3. The van der Waals surface area contributed by atoms with Crippen LogP contribution in [0.25, 0.3) is 0 Å². The normalized spacial score (nSPS) is 17.0. The Morgan fingerprint density at radius 3 is 2.61 bits per heavy atom. The molecule has 2 heterocycles. The van der Waals surface area contributed by atoms with Crippen LogP contribution in [0.5, 0.6) is 11.5 Å². The maximum Gasteiger partial charge on any atom is 0.231 e. The highest BCUT2D eigenvalue weighted by Crippen LogP contribution is 2.40. The molecule has 0 atom stereocenters. The van der Waals surface area contributed by atoms with E-state index in [-0.39, 0.29) is 42.0 Å². The summed E-state index contributed by atoms with van der Waals surface area (Å²) in [7, 11) is 1.75. The van der Waals surface area contributed by atoms with E-state index in [9.17, 15) is 4.39 Å². The highest BCUT2D eigenvalue weighted by Gasteiger charge is 2.35. The van der Waals surface area contributed by atoms with Crippen LogP contribution in [0.3, 0.4) is 0 Å². The average Bonchev–Trinajstić information content (AvgIpc) is 3.26. The van der Waals surface area contributed by atoms with Gasteiger partial charge in [-0.1, -0.05) is 24.3 Å². The van der Waals surface area contributed by atoms with E-state index in [2.05, 4.69) is 27.8 Å². The Morgan fingerprint density at radius 2 is 1.84 bits per heavy atom. The molecular formula is C23H29FIN3O3. The first kappa shape index (κ1) is 23.6. The highest BCUT2D eigenvalue weighted by atomic mass is 127. The SMILES string of the molecule is CN=C(NCCc1ccccc1F)NCC1(c2ccc3c(c2)OCO3)CCOCC1.I. The van der Waals surface area contributed by atoms with Crippen molar-refractivity contribution in [3.63, 3.8) is 0 Å². The Hall–Kier alpha value is -2.07. The minimum absolute atomic E-state index is 0. The predicted molar refractivity (Wildman–Crippen MR) is 129 cm³/mol. The summed E-state index contributed by atoms with van der Waals surface area (Å²) in [6.07, 6.45) is 2.41. The van der Waals surface area contributed by atoms with Crippen molar-refractivity contribution in [2.45, 2.75) is 24.7 Å². The third kappa shape index (κ3) is 5.60. The predicted octanol–water partition coefficient (Wildman–Crippen LogP) is 3.63. The Labute approximate surface area is 199 Å². The van der Waals surface area contributed by atoms with E-state index in [0.29, 0.717) is 24.5 Å². The van der Waals surface area contributed by atoms with Crippen LogP contribution in [0.4, 0.5) is 4.39 Å². The van der Waals surface area contributed by atoms with Crippen molar-refractivity contribution in [1.82, 2.24) is 10.6 Å². The molecule has 0 bridgehead atoms. The Morgan fingerprint density at radius 1 is 1.06 bits per heavy atom. The largest absolute Gasteiger partial charge is 0.454 e. The lowest BCUT2D eigenvalue weighted by Crippen LogP contribution is -2.48. The Balaban J connectivity index is 0.00000272. The highest BCUT2D eigenvalue weighted by molar-refractivity contribution is 14.0. The summed E-state index contributed by atoms with van der Waals surface area (Å²) < 4.78 is 30.5. The van der Waals surface area contributed by atoms with Gasteiger partial charge in [0.2, 0.25) is 6.79 Å². The number of hydrogen-bond acceptors (Lipinski definition) is 4. The number of nitrogens with zero attached hydrogens (tertiary/aromatic N) is 1. The van der Waals surface area contributed by atoms with Crippen LogP contribution >= 0.6 is 24.0 Å². The molecule has 0 aromatic heterocycles. The maximum absolute atomic E-state index is 13.8. The number of hydrogen-bond donors (Lipinski definition) is 2. The fraction of sp³-hybridized carbons (Fsp3) is 0.435. The minimum atomic E-state index is -0.175. The van der Waals surface area contributed by atoms with Crippen LogP contribution in [-0.2, 0) is 16.6 Å². The third-order valence-electron chi connectivity index (χ3n) is 5.90. The lowest BCUT2D eigenvalue weighted by molar-refractivity contribution is 0.0513. The first-order valence-corrected chi connectivity index (χ1v) is 10.4. The topological polar surface area (TPSA) is 64.1 Å². The molecule has 2 N–H and O–H groups in total. The quantitative estimate of drug-likeness (QED) is 0.333. The summed E-state index contributed by atoms with van der Waals surface area (Å²) in [6.45, 7) is 3.02. The molecule has 2 aromatic rings. The van der Waals surface area contributed by atoms with Crippen LogP contribution in [0.15, 0.2) is 47.5 Å². The molecule has 0 aliphatic carbocycles. The van der Waals surface area contributed by atoms with Gasteiger partial charge in [-0.3, -0.25) is 4.99 Å². The lowest BCUT2D eigenvalue weighted by atomic mass is 9.74. The van der Waals surface area contributed by atoms with Crippen molar-refractivity contribution in [2.24, 2.45) is 4.99 Å². The summed E-state index contributed by atoms with van der Waals surface area (Å²) in [4.78, 5) is 4.33. The van der Waals surface area contributed by atoms with Gasteiger partial charge in [0.1, 0.15) is 5.82 Å². The molecule has 1 fully saturated rings. The molecule has 168 valence electrons. The summed E-state index contributed by atoms with van der Waals surface area (Å²) >= 11 is 0. The van der Waals surface area contributed by atoms with Crippen molar-refractivity contribution in [3.05, 3.63) is 59.4 Å². The van der Waals surface area contributed by atoms with E-state index in [1.54, 1.807) is 13.1 Å². The second-order valence-corrected chi connectivity index (χ2v) is 7.65. The summed E-state index contributed by atoms with van der Waals surface area (Å²) in [6, 6.07) is 13.0. The van der Waals surface area contributed by atoms with E-state index in [4.69, 9.17) is 14.2 Å². The summed E-state index contributed by atoms with van der Waals surface area (Å²) in [5, 5.41) is 6.76. The average molecular weight is 541 g/mol. The molecule has 0 radical (unpaired) electrons. The van der Waals surface area contributed by atoms with Gasteiger partial charge in [0.05, 0.1) is 0 Å². The van der Waals surface area contributed by atoms with Gasteiger partial charge in [0.25, 0.3) is 0 Å². The molecule has 0 amide bonds. The number of aliphatic imine (C=N–C) groups is 1. The molecule has 4 rings (SSSR count). The van der Waals surface area contributed by atoms with Crippen molar-refractivity contribution in [3.8, 4) is 11.5 Å². The minimum Gasteiger partial charge on any atom is -0.454 e. The van der Waals surface area contributed by atoms with Gasteiger partial charge in [-0.05, 0) is 48.6 Å². The fourth-order valence-electron chi connectivity index (χ4n) is 4.05. The Bertz CT molecular complexity index is 903. The van der Waals surface area contributed by atoms with Crippen LogP contribution in [0.2, 0.25) is 0 Å². The van der Waals surface area contributed by atoms with Crippen molar-refractivity contribution in [1.29, 1.82) is 0 Å². The monoisotopic (exact) mass is 541 g/mol. The smallest absolute Gasteiger partial charge is 0.231 e. The van der Waals surface area contributed by atoms with Gasteiger partial charge < -0.3 is 24.8 Å². The number of halogens is 2. The Kier molecular flexibility index (Phi) is 8.36. The van der Waals surface area contributed by atoms with E-state index >= 15 is 0 Å². The molecule has 0 unspecified atom stereocenters. The number of fused-ring (bicyclic) bond motifs is 1. The molecule has 2 aliphatic rings. The van der Waals surface area contributed by atoms with Gasteiger partial charge in [-0.25, -0.2) is 4.39 Å². The van der Waals surface area contributed by atoms with Crippen molar-refractivity contribution >= 4 is 29.9 Å². The van der Waals surface area contributed by atoms with Crippen LogP contribution in [0, 0.1) is 5.82 Å². The first-order valence-electron chi connectivity index (χ1n) is 10.4. The van der Waals surface area contributed by atoms with Gasteiger partial charge >= 0.3 is 0 Å². The number of nitrogens with one attached hydrogen (secondary N) is 2. The molecular weight excluding hydrogens is 512 g/mol. The maximum atomic E-state index is 13.8. The second-order valence-electron chi connectivity index (χ2n) is 7.65. The van der Waals surface area contributed by atoms with Crippen LogP contribution in [-0.4, -0.2) is 46.1 Å². The second kappa shape index (κ2) is 11.0. The molecule has 2 aliphatic heterocycles. The zero-order valence-corrected chi connectivity index (χ0v) is 20.0. The van der Waals surface area contributed by atoms with E-state index in [0.717, 1.165) is 44.1 Å². The van der Waals surface area contributed by atoms with Crippen molar-refractivity contribution < 1.29 is 18.6 Å². The molecule has 31 heavy (non-hydrogen) atoms. The van der Waals surface area contributed by atoms with E-state index < -0.39 is 0 Å². The standard InChI is InChI=1S/C23H28FN3O3.HI/c1-25-22(26-11-8-17-4-2-3-5-19(17)24)27-15-23(9-12-28-13-10-23)18-6-7-20-21(14-18)30-16-29-20;/h2-7,14H,8-13,15-16H2,1H3,(H2,25,26,27);1H.